The van der Waals surface area contributed by atoms with Crippen molar-refractivity contribution in [2.24, 2.45) is 0 Å². The number of carbonyl (C=O) groups is 1. The summed E-state index contributed by atoms with van der Waals surface area (Å²) in [5.41, 5.74) is 4.13. The monoisotopic (exact) mass is 544 g/mol. The second-order valence-electron chi connectivity index (χ2n) is 7.50. The number of hydrogen-bond donors (Lipinski definition) is 0. The second-order valence-corrected chi connectivity index (χ2v) is 9.38. The molecule has 0 saturated carbocycles. The fourth-order valence-electron chi connectivity index (χ4n) is 3.58. The van der Waals surface area contributed by atoms with Gasteiger partial charge in [-0.1, -0.05) is 76.2 Å². The molecule has 5 nitrogen and oxygen atoms in total. The maximum atomic E-state index is 12.8. The molecule has 7 heteroatoms. The first kappa shape index (κ1) is 24.5. The maximum Gasteiger partial charge on any atom is 0.173 e. The molecular weight excluding hydrogens is 524 g/mol. The average Bonchev–Trinajstić information content (AvgIpc) is 2.91. The molecule has 174 valence electrons. The first-order valence-electron chi connectivity index (χ1n) is 10.7. The van der Waals surface area contributed by atoms with E-state index in [1.54, 1.807) is 32.4 Å². The maximum absolute atomic E-state index is 12.8. The van der Waals surface area contributed by atoms with Gasteiger partial charge in [0.25, 0.3) is 0 Å². The van der Waals surface area contributed by atoms with E-state index in [9.17, 15) is 10.1 Å². The van der Waals surface area contributed by atoms with Gasteiger partial charge in [0.2, 0.25) is 0 Å². The zero-order valence-electron chi connectivity index (χ0n) is 19.1. The minimum Gasteiger partial charge on any atom is -0.493 e. The Labute approximate surface area is 216 Å². The fraction of sp³-hybridized carbons (Fsp3) is 0.107. The third kappa shape index (κ3) is 5.56. The van der Waals surface area contributed by atoms with E-state index in [0.717, 1.165) is 15.6 Å². The summed E-state index contributed by atoms with van der Waals surface area (Å²) in [5.74, 6) is 1.30. The Balaban J connectivity index is 1.82. The van der Waals surface area contributed by atoms with Crippen molar-refractivity contribution in [3.63, 3.8) is 0 Å². The lowest BCUT2D eigenvalue weighted by atomic mass is 9.99. The van der Waals surface area contributed by atoms with Crippen molar-refractivity contribution in [1.82, 2.24) is 4.98 Å². The molecule has 0 amide bonds. The number of nitrogens with zero attached hydrogens (tertiary/aromatic N) is 2. The Kier molecular flexibility index (Phi) is 7.86. The second kappa shape index (κ2) is 11.2. The Bertz CT molecular complexity index is 1400. The lowest BCUT2D eigenvalue weighted by molar-refractivity contribution is 0.102. The molecule has 0 atom stereocenters. The number of methoxy groups -OCH3 is 2. The minimum absolute atomic E-state index is 0.0250. The molecule has 0 aliphatic carbocycles. The lowest BCUT2D eigenvalue weighted by Gasteiger charge is -2.14. The van der Waals surface area contributed by atoms with E-state index in [-0.39, 0.29) is 11.5 Å². The molecule has 3 aromatic carbocycles. The summed E-state index contributed by atoms with van der Waals surface area (Å²) in [4.78, 5) is 17.5. The van der Waals surface area contributed by atoms with Gasteiger partial charge < -0.3 is 9.47 Å². The number of aromatic nitrogens is 1. The van der Waals surface area contributed by atoms with Gasteiger partial charge in [-0.2, -0.15) is 5.26 Å². The van der Waals surface area contributed by atoms with E-state index < -0.39 is 0 Å². The summed E-state index contributed by atoms with van der Waals surface area (Å²) in [5, 5.41) is 10.6. The smallest absolute Gasteiger partial charge is 0.173 e. The third-order valence-electron chi connectivity index (χ3n) is 5.37. The molecule has 0 aliphatic rings. The largest absolute Gasteiger partial charge is 0.493 e. The Morgan fingerprint density at radius 3 is 2.29 bits per heavy atom. The molecule has 1 heterocycles. The van der Waals surface area contributed by atoms with Crippen LogP contribution in [0.15, 0.2) is 88.4 Å². The van der Waals surface area contributed by atoms with E-state index in [1.165, 1.54) is 11.8 Å². The molecule has 35 heavy (non-hydrogen) atoms. The van der Waals surface area contributed by atoms with Gasteiger partial charge in [0.05, 0.1) is 31.2 Å². The van der Waals surface area contributed by atoms with Crippen LogP contribution in [0.2, 0.25) is 0 Å². The summed E-state index contributed by atoms with van der Waals surface area (Å²) in [6.45, 7) is 0. The van der Waals surface area contributed by atoms with Crippen molar-refractivity contribution >= 4 is 33.5 Å². The summed E-state index contributed by atoms with van der Waals surface area (Å²) in [6.07, 6.45) is 0. The molecule has 0 fully saturated rings. The van der Waals surface area contributed by atoms with Gasteiger partial charge in [0.15, 0.2) is 17.3 Å². The fourth-order valence-corrected chi connectivity index (χ4v) is 4.74. The number of hydrogen-bond acceptors (Lipinski definition) is 6. The van der Waals surface area contributed by atoms with Crippen LogP contribution in [0.5, 0.6) is 11.5 Å². The van der Waals surface area contributed by atoms with Gasteiger partial charge in [-0.3, -0.25) is 4.79 Å². The number of Topliss-reactive ketones (excluding diaryl/α,β-unsaturated/α-hetero) is 1. The molecule has 0 aliphatic heterocycles. The summed E-state index contributed by atoms with van der Waals surface area (Å²) >= 11 is 4.73. The van der Waals surface area contributed by atoms with Crippen molar-refractivity contribution in [2.45, 2.75) is 5.03 Å². The SMILES string of the molecule is COc1ccc(-c2cc(-c3ccc(Br)cc3)nc(SCC(=O)c3ccccc3)c2C#N)cc1OC. The highest BCUT2D eigenvalue weighted by molar-refractivity contribution is 9.10. The number of ketones is 1. The molecule has 4 aromatic rings. The number of halogens is 1. The van der Waals surface area contributed by atoms with Gasteiger partial charge in [-0.15, -0.1) is 0 Å². The molecular formula is C28H21BrN2O3S. The van der Waals surface area contributed by atoms with Crippen LogP contribution in [0.25, 0.3) is 22.4 Å². The van der Waals surface area contributed by atoms with Crippen LogP contribution >= 0.6 is 27.7 Å². The Morgan fingerprint density at radius 2 is 1.63 bits per heavy atom. The quantitative estimate of drug-likeness (QED) is 0.175. The van der Waals surface area contributed by atoms with Crippen LogP contribution in [-0.4, -0.2) is 30.7 Å². The standard InChI is InChI=1S/C28H21BrN2O3S/c1-33-26-13-10-20(14-27(26)34-2)22-15-24(18-8-11-21(29)12-9-18)31-28(23(22)16-30)35-17-25(32)19-6-4-3-5-7-19/h3-15H,17H2,1-2H3. The van der Waals surface area contributed by atoms with Crippen molar-refractivity contribution in [3.8, 4) is 40.0 Å². The number of pyridine rings is 1. The summed E-state index contributed by atoms with van der Waals surface area (Å²) in [7, 11) is 3.15. The molecule has 0 bridgehead atoms. The summed E-state index contributed by atoms with van der Waals surface area (Å²) in [6, 6.07) is 26.6. The average molecular weight is 545 g/mol. The van der Waals surface area contributed by atoms with Crippen molar-refractivity contribution in [3.05, 3.63) is 94.5 Å². The van der Waals surface area contributed by atoms with E-state index in [2.05, 4.69) is 22.0 Å². The molecule has 4 rings (SSSR count). The predicted molar refractivity (Wildman–Crippen MR) is 142 cm³/mol. The Morgan fingerprint density at radius 1 is 0.943 bits per heavy atom. The first-order chi connectivity index (χ1) is 17.0. The Hall–Kier alpha value is -3.60. The topological polar surface area (TPSA) is 72.2 Å². The molecule has 1 aromatic heterocycles. The van der Waals surface area contributed by atoms with Crippen molar-refractivity contribution in [1.29, 1.82) is 5.26 Å². The van der Waals surface area contributed by atoms with E-state index >= 15 is 0 Å². The highest BCUT2D eigenvalue weighted by Crippen LogP contribution is 2.38. The van der Waals surface area contributed by atoms with Crippen molar-refractivity contribution < 1.29 is 14.3 Å². The zero-order chi connectivity index (χ0) is 24.8. The lowest BCUT2D eigenvalue weighted by Crippen LogP contribution is -2.04. The molecule has 0 spiro atoms. The van der Waals surface area contributed by atoms with Crippen LogP contribution in [0, 0.1) is 11.3 Å². The van der Waals surface area contributed by atoms with Gasteiger partial charge in [-0.25, -0.2) is 4.98 Å². The zero-order valence-corrected chi connectivity index (χ0v) is 21.5. The van der Waals surface area contributed by atoms with Gasteiger partial charge in [0.1, 0.15) is 11.1 Å². The predicted octanol–water partition coefficient (Wildman–Crippen LogP) is 7.04. The highest BCUT2D eigenvalue weighted by Gasteiger charge is 2.19. The van der Waals surface area contributed by atoms with Gasteiger partial charge in [-0.05, 0) is 35.9 Å². The van der Waals surface area contributed by atoms with E-state index in [0.29, 0.717) is 38.9 Å². The van der Waals surface area contributed by atoms with Crippen LogP contribution < -0.4 is 9.47 Å². The minimum atomic E-state index is -0.0250. The van der Waals surface area contributed by atoms with Crippen LogP contribution in [0.4, 0.5) is 0 Å². The molecule has 0 unspecified atom stereocenters. The normalized spacial score (nSPS) is 10.5. The highest BCUT2D eigenvalue weighted by atomic mass is 79.9. The molecule has 0 N–H and O–H groups in total. The number of rotatable bonds is 8. The van der Waals surface area contributed by atoms with Gasteiger partial charge in [0, 0.05) is 21.2 Å². The third-order valence-corrected chi connectivity index (χ3v) is 6.87. The number of ether oxygens (including phenoxy) is 2. The van der Waals surface area contributed by atoms with Crippen LogP contribution in [0.1, 0.15) is 15.9 Å². The van der Waals surface area contributed by atoms with E-state index in [1.807, 2.05) is 60.7 Å². The number of carbonyl (C=O) groups excluding carboxylic acids is 1. The number of nitriles is 1. The number of thioether (sulfide) groups is 1. The molecule has 0 saturated heterocycles. The van der Waals surface area contributed by atoms with Crippen LogP contribution in [0.3, 0.4) is 0 Å². The van der Waals surface area contributed by atoms with Crippen LogP contribution in [-0.2, 0) is 0 Å². The molecule has 0 radical (unpaired) electrons. The summed E-state index contributed by atoms with van der Waals surface area (Å²) < 4.78 is 11.8. The van der Waals surface area contributed by atoms with Gasteiger partial charge >= 0.3 is 0 Å². The first-order valence-corrected chi connectivity index (χ1v) is 12.5. The van der Waals surface area contributed by atoms with E-state index in [4.69, 9.17) is 14.5 Å². The van der Waals surface area contributed by atoms with Crippen molar-refractivity contribution in [2.75, 3.05) is 20.0 Å². The number of benzene rings is 3.